The fraction of sp³-hybridized carbons (Fsp3) is 0.455. The van der Waals surface area contributed by atoms with E-state index in [1.54, 1.807) is 36.7 Å². The Morgan fingerprint density at radius 3 is 2.20 bits per heavy atom. The van der Waals surface area contributed by atoms with Crippen LogP contribution in [-0.4, -0.2) is 62.2 Å². The van der Waals surface area contributed by atoms with Crippen LogP contribution in [0.5, 0.6) is 0 Å². The van der Waals surface area contributed by atoms with Crippen LogP contribution in [0.4, 0.5) is 11.4 Å². The Balaban J connectivity index is 1.94. The second kappa shape index (κ2) is 9.14. The molecule has 0 radical (unpaired) electrons. The van der Waals surface area contributed by atoms with Crippen LogP contribution >= 0.6 is 0 Å². The Bertz CT molecular complexity index is 945. The zero-order chi connectivity index (χ0) is 21.8. The van der Waals surface area contributed by atoms with Crippen molar-refractivity contribution >= 4 is 27.2 Å². The number of pyridine rings is 1. The van der Waals surface area contributed by atoms with Gasteiger partial charge in [-0.05, 0) is 37.6 Å². The van der Waals surface area contributed by atoms with Crippen LogP contribution in [0.15, 0.2) is 54.9 Å². The summed E-state index contributed by atoms with van der Waals surface area (Å²) in [7, 11) is -2.44. The third kappa shape index (κ3) is 3.94. The molecule has 1 aromatic heterocycles. The van der Waals surface area contributed by atoms with E-state index in [0.29, 0.717) is 38.3 Å². The summed E-state index contributed by atoms with van der Waals surface area (Å²) in [4.78, 5) is 19.6. The second-order valence-electron chi connectivity index (χ2n) is 7.58. The number of ketones is 1. The average Bonchev–Trinajstić information content (AvgIpc) is 2.78. The van der Waals surface area contributed by atoms with E-state index in [1.165, 1.54) is 18.3 Å². The first kappa shape index (κ1) is 22.2. The molecule has 1 fully saturated rings. The quantitative estimate of drug-likeness (QED) is 0.641. The summed E-state index contributed by atoms with van der Waals surface area (Å²) in [6.45, 7) is 5.60. The number of hydrogen-bond acceptors (Lipinski definition) is 6. The highest BCUT2D eigenvalue weighted by Gasteiger charge is 2.54. The van der Waals surface area contributed by atoms with Gasteiger partial charge >= 0.3 is 0 Å². The molecule has 8 heteroatoms. The molecule has 1 aliphatic rings. The van der Waals surface area contributed by atoms with E-state index < -0.39 is 14.9 Å². The molecule has 1 aliphatic heterocycles. The minimum absolute atomic E-state index is 0.261. The summed E-state index contributed by atoms with van der Waals surface area (Å²) in [5, 5.41) is 0. The van der Waals surface area contributed by atoms with E-state index in [-0.39, 0.29) is 12.2 Å². The van der Waals surface area contributed by atoms with E-state index in [9.17, 15) is 13.2 Å². The molecular weight excluding hydrogens is 400 g/mol. The molecule has 0 saturated carbocycles. The average molecular weight is 431 g/mol. The van der Waals surface area contributed by atoms with Gasteiger partial charge in [0.2, 0.25) is 4.87 Å². The molecule has 0 amide bonds. The van der Waals surface area contributed by atoms with Crippen LogP contribution < -0.4 is 9.21 Å². The van der Waals surface area contributed by atoms with Crippen LogP contribution in [0.1, 0.15) is 26.7 Å². The minimum atomic E-state index is -3.98. The van der Waals surface area contributed by atoms with Crippen molar-refractivity contribution in [3.8, 4) is 0 Å². The van der Waals surface area contributed by atoms with Crippen molar-refractivity contribution in [3.63, 3.8) is 0 Å². The molecule has 2 heterocycles. The van der Waals surface area contributed by atoms with Crippen LogP contribution in [0.3, 0.4) is 0 Å². The Morgan fingerprint density at radius 2 is 1.67 bits per heavy atom. The molecule has 30 heavy (non-hydrogen) atoms. The molecule has 1 saturated heterocycles. The van der Waals surface area contributed by atoms with E-state index in [1.807, 2.05) is 30.0 Å². The van der Waals surface area contributed by atoms with Crippen molar-refractivity contribution in [1.82, 2.24) is 9.88 Å². The van der Waals surface area contributed by atoms with E-state index in [0.717, 1.165) is 5.69 Å². The first-order valence-corrected chi connectivity index (χ1v) is 11.7. The van der Waals surface area contributed by atoms with Crippen molar-refractivity contribution < 1.29 is 13.2 Å². The Morgan fingerprint density at radius 1 is 1.07 bits per heavy atom. The van der Waals surface area contributed by atoms with Crippen molar-refractivity contribution in [2.24, 2.45) is 0 Å². The summed E-state index contributed by atoms with van der Waals surface area (Å²) in [6, 6.07) is 12.8. The highest BCUT2D eigenvalue weighted by atomic mass is 32.2. The van der Waals surface area contributed by atoms with Crippen molar-refractivity contribution in [3.05, 3.63) is 54.9 Å². The lowest BCUT2D eigenvalue weighted by Crippen LogP contribution is -2.66. The molecule has 0 bridgehead atoms. The largest absolute Gasteiger partial charge is 0.369 e. The van der Waals surface area contributed by atoms with Gasteiger partial charge in [-0.1, -0.05) is 31.5 Å². The third-order valence-corrected chi connectivity index (χ3v) is 8.40. The molecule has 3 rings (SSSR count). The van der Waals surface area contributed by atoms with Gasteiger partial charge in [-0.3, -0.25) is 19.0 Å². The zero-order valence-electron chi connectivity index (χ0n) is 17.9. The number of nitrogens with zero attached hydrogens (tertiary/aromatic N) is 4. The molecule has 162 valence electrons. The molecule has 7 nitrogen and oxygen atoms in total. The van der Waals surface area contributed by atoms with Gasteiger partial charge in [-0.25, -0.2) is 8.42 Å². The Kier molecular flexibility index (Phi) is 6.77. The Labute approximate surface area is 179 Å². The summed E-state index contributed by atoms with van der Waals surface area (Å²) in [6.07, 6.45) is 4.35. The maximum Gasteiger partial charge on any atom is 0.261 e. The first-order chi connectivity index (χ1) is 14.3. The number of aromatic nitrogens is 1. The van der Waals surface area contributed by atoms with Gasteiger partial charge in [0, 0.05) is 51.3 Å². The number of anilines is 2. The predicted molar refractivity (Wildman–Crippen MR) is 120 cm³/mol. The number of carbonyl (C=O) groups is 1. The van der Waals surface area contributed by atoms with E-state index in [4.69, 9.17) is 0 Å². The molecule has 0 aliphatic carbocycles. The van der Waals surface area contributed by atoms with Crippen molar-refractivity contribution in [1.29, 1.82) is 0 Å². The standard InChI is InChI=1S/C22H30N4O3S/c1-4-12-22(19(2)27,30(28,29)24(3)20-8-6-5-7-9-20)26-17-15-25(16-18-26)21-10-13-23-14-11-21/h5-11,13-14H,4,12,15-18H2,1-3H3. The second-order valence-corrected chi connectivity index (χ2v) is 9.75. The van der Waals surface area contributed by atoms with E-state index in [2.05, 4.69) is 9.88 Å². The highest BCUT2D eigenvalue weighted by molar-refractivity contribution is 7.94. The number of piperazine rings is 1. The zero-order valence-corrected chi connectivity index (χ0v) is 18.7. The number of para-hydroxylation sites is 1. The summed E-state index contributed by atoms with van der Waals surface area (Å²) >= 11 is 0. The number of carbonyl (C=O) groups excluding carboxylic acids is 1. The fourth-order valence-corrected chi connectivity index (χ4v) is 6.44. The molecule has 1 atom stereocenters. The summed E-state index contributed by atoms with van der Waals surface area (Å²) in [5.41, 5.74) is 1.60. The van der Waals surface area contributed by atoms with Gasteiger partial charge in [-0.2, -0.15) is 0 Å². The lowest BCUT2D eigenvalue weighted by molar-refractivity contribution is -0.124. The maximum absolute atomic E-state index is 13.9. The maximum atomic E-state index is 13.9. The van der Waals surface area contributed by atoms with E-state index >= 15 is 0 Å². The van der Waals surface area contributed by atoms with Crippen LogP contribution in [0, 0.1) is 0 Å². The lowest BCUT2D eigenvalue weighted by atomic mass is 10.0. The normalized spacial score (nSPS) is 17.4. The number of rotatable bonds is 8. The van der Waals surface area contributed by atoms with Gasteiger partial charge in [-0.15, -0.1) is 0 Å². The van der Waals surface area contributed by atoms with Crippen LogP contribution in [0.25, 0.3) is 0 Å². The van der Waals surface area contributed by atoms with Crippen LogP contribution in [-0.2, 0) is 14.8 Å². The number of hydrogen-bond donors (Lipinski definition) is 0. The topological polar surface area (TPSA) is 73.8 Å². The molecular formula is C22H30N4O3S. The molecule has 1 unspecified atom stereocenters. The van der Waals surface area contributed by atoms with Gasteiger partial charge in [0.1, 0.15) is 0 Å². The van der Waals surface area contributed by atoms with Crippen LogP contribution in [0.2, 0.25) is 0 Å². The molecule has 0 spiro atoms. The lowest BCUT2D eigenvalue weighted by Gasteiger charge is -2.47. The molecule has 0 N–H and O–H groups in total. The highest BCUT2D eigenvalue weighted by Crippen LogP contribution is 2.35. The number of sulfonamides is 1. The Hall–Kier alpha value is -2.45. The number of Topliss-reactive ketones (excluding diaryl/α,β-unsaturated/α-hetero) is 1. The fourth-order valence-electron chi connectivity index (χ4n) is 4.25. The summed E-state index contributed by atoms with van der Waals surface area (Å²) < 4.78 is 29.0. The first-order valence-electron chi connectivity index (χ1n) is 10.3. The van der Waals surface area contributed by atoms with Crippen molar-refractivity contribution in [2.45, 2.75) is 31.6 Å². The third-order valence-electron chi connectivity index (χ3n) is 5.86. The van der Waals surface area contributed by atoms with Gasteiger partial charge < -0.3 is 4.90 Å². The van der Waals surface area contributed by atoms with Crippen molar-refractivity contribution in [2.75, 3.05) is 42.4 Å². The van der Waals surface area contributed by atoms with Gasteiger partial charge in [0.25, 0.3) is 10.0 Å². The van der Waals surface area contributed by atoms with Gasteiger partial charge in [0.05, 0.1) is 5.69 Å². The minimum Gasteiger partial charge on any atom is -0.369 e. The molecule has 2 aromatic rings. The number of benzene rings is 1. The monoisotopic (exact) mass is 430 g/mol. The molecule has 1 aromatic carbocycles. The predicted octanol–water partition coefficient (Wildman–Crippen LogP) is 2.76. The smallest absolute Gasteiger partial charge is 0.261 e. The summed E-state index contributed by atoms with van der Waals surface area (Å²) in [5.74, 6) is -0.329. The SMILES string of the molecule is CCCC(C(C)=O)(N1CCN(c2ccncc2)CC1)S(=O)(=O)N(C)c1ccccc1. The van der Waals surface area contributed by atoms with Gasteiger partial charge in [0.15, 0.2) is 5.78 Å².